The standard InChI is InChI=1S/C12H18FN/c1-9(2)10(3)14-8-11-6-4-5-7-12(11)13/h4-7,9-10,14H,8H2,1-3H3/t10-/m0/s1. The van der Waals surface area contributed by atoms with Gasteiger partial charge in [-0.2, -0.15) is 0 Å². The van der Waals surface area contributed by atoms with Crippen LogP contribution in [0.3, 0.4) is 0 Å². The molecule has 0 spiro atoms. The Morgan fingerprint density at radius 1 is 1.21 bits per heavy atom. The molecule has 0 amide bonds. The maximum absolute atomic E-state index is 13.2. The zero-order valence-corrected chi connectivity index (χ0v) is 9.05. The highest BCUT2D eigenvalue weighted by molar-refractivity contribution is 5.16. The number of benzene rings is 1. The first-order chi connectivity index (χ1) is 6.61. The lowest BCUT2D eigenvalue weighted by atomic mass is 10.1. The maximum Gasteiger partial charge on any atom is 0.127 e. The summed E-state index contributed by atoms with van der Waals surface area (Å²) in [6.07, 6.45) is 0. The van der Waals surface area contributed by atoms with Gasteiger partial charge in [0.2, 0.25) is 0 Å². The van der Waals surface area contributed by atoms with E-state index in [1.807, 2.05) is 12.1 Å². The van der Waals surface area contributed by atoms with Gasteiger partial charge in [-0.3, -0.25) is 0 Å². The van der Waals surface area contributed by atoms with Crippen LogP contribution in [0.1, 0.15) is 26.3 Å². The highest BCUT2D eigenvalue weighted by atomic mass is 19.1. The first kappa shape index (κ1) is 11.2. The smallest absolute Gasteiger partial charge is 0.127 e. The number of nitrogens with one attached hydrogen (secondary N) is 1. The van der Waals surface area contributed by atoms with Crippen LogP contribution < -0.4 is 5.32 Å². The van der Waals surface area contributed by atoms with Gasteiger partial charge in [-0.05, 0) is 18.9 Å². The van der Waals surface area contributed by atoms with Gasteiger partial charge in [0, 0.05) is 18.2 Å². The van der Waals surface area contributed by atoms with E-state index in [4.69, 9.17) is 0 Å². The van der Waals surface area contributed by atoms with Crippen molar-refractivity contribution in [3.05, 3.63) is 35.6 Å². The quantitative estimate of drug-likeness (QED) is 0.778. The van der Waals surface area contributed by atoms with Gasteiger partial charge in [0.1, 0.15) is 5.82 Å². The van der Waals surface area contributed by atoms with Gasteiger partial charge in [-0.1, -0.05) is 32.0 Å². The Morgan fingerprint density at radius 2 is 1.86 bits per heavy atom. The van der Waals surface area contributed by atoms with E-state index in [9.17, 15) is 4.39 Å². The van der Waals surface area contributed by atoms with E-state index in [0.717, 1.165) is 5.56 Å². The van der Waals surface area contributed by atoms with Crippen molar-refractivity contribution in [1.82, 2.24) is 5.32 Å². The van der Waals surface area contributed by atoms with Crippen LogP contribution in [0.15, 0.2) is 24.3 Å². The van der Waals surface area contributed by atoms with Crippen molar-refractivity contribution >= 4 is 0 Å². The third-order valence-electron chi connectivity index (χ3n) is 2.57. The predicted molar refractivity (Wildman–Crippen MR) is 57.5 cm³/mol. The second kappa shape index (κ2) is 5.11. The van der Waals surface area contributed by atoms with Crippen LogP contribution in [0.2, 0.25) is 0 Å². The summed E-state index contributed by atoms with van der Waals surface area (Å²) in [6, 6.07) is 7.30. The fraction of sp³-hybridized carbons (Fsp3) is 0.500. The second-order valence-corrected chi connectivity index (χ2v) is 4.01. The molecule has 0 aromatic heterocycles. The average molecular weight is 195 g/mol. The first-order valence-electron chi connectivity index (χ1n) is 5.08. The van der Waals surface area contributed by atoms with E-state index in [2.05, 4.69) is 26.1 Å². The minimum Gasteiger partial charge on any atom is -0.310 e. The van der Waals surface area contributed by atoms with Crippen molar-refractivity contribution in [3.8, 4) is 0 Å². The van der Waals surface area contributed by atoms with Crippen LogP contribution in [0.25, 0.3) is 0 Å². The lowest BCUT2D eigenvalue weighted by molar-refractivity contribution is 0.421. The van der Waals surface area contributed by atoms with Crippen LogP contribution >= 0.6 is 0 Å². The summed E-state index contributed by atoms with van der Waals surface area (Å²) >= 11 is 0. The molecule has 1 rings (SSSR count). The molecule has 1 aromatic carbocycles. The minimum absolute atomic E-state index is 0.129. The van der Waals surface area contributed by atoms with Crippen molar-refractivity contribution in [2.75, 3.05) is 0 Å². The van der Waals surface area contributed by atoms with Crippen molar-refractivity contribution < 1.29 is 4.39 Å². The van der Waals surface area contributed by atoms with Crippen molar-refractivity contribution in [2.45, 2.75) is 33.4 Å². The van der Waals surface area contributed by atoms with Gasteiger partial charge < -0.3 is 5.32 Å². The summed E-state index contributed by atoms with van der Waals surface area (Å²) in [4.78, 5) is 0. The molecule has 1 nitrogen and oxygen atoms in total. The normalized spacial score (nSPS) is 13.2. The topological polar surface area (TPSA) is 12.0 Å². The molecule has 0 saturated heterocycles. The molecule has 1 aromatic rings. The molecule has 0 aliphatic rings. The molecule has 0 aliphatic carbocycles. The summed E-state index contributed by atoms with van der Waals surface area (Å²) < 4.78 is 13.2. The van der Waals surface area contributed by atoms with Gasteiger partial charge in [-0.25, -0.2) is 4.39 Å². The molecular weight excluding hydrogens is 177 g/mol. The van der Waals surface area contributed by atoms with Crippen LogP contribution in [0.4, 0.5) is 4.39 Å². The lowest BCUT2D eigenvalue weighted by Crippen LogP contribution is -2.30. The zero-order chi connectivity index (χ0) is 10.6. The molecule has 14 heavy (non-hydrogen) atoms. The predicted octanol–water partition coefficient (Wildman–Crippen LogP) is 2.96. The number of hydrogen-bond donors (Lipinski definition) is 1. The fourth-order valence-corrected chi connectivity index (χ4v) is 1.15. The van der Waals surface area contributed by atoms with Gasteiger partial charge in [0.05, 0.1) is 0 Å². The average Bonchev–Trinajstić information content (AvgIpc) is 2.16. The third kappa shape index (κ3) is 3.11. The Balaban J connectivity index is 2.50. The van der Waals surface area contributed by atoms with E-state index in [-0.39, 0.29) is 5.82 Å². The number of hydrogen-bond acceptors (Lipinski definition) is 1. The van der Waals surface area contributed by atoms with E-state index >= 15 is 0 Å². The van der Waals surface area contributed by atoms with Gasteiger partial charge in [-0.15, -0.1) is 0 Å². The highest BCUT2D eigenvalue weighted by Crippen LogP contribution is 2.07. The Kier molecular flexibility index (Phi) is 4.08. The Hall–Kier alpha value is -0.890. The molecule has 0 bridgehead atoms. The van der Waals surface area contributed by atoms with E-state index in [0.29, 0.717) is 18.5 Å². The fourth-order valence-electron chi connectivity index (χ4n) is 1.15. The Bertz CT molecular complexity index is 283. The largest absolute Gasteiger partial charge is 0.310 e. The second-order valence-electron chi connectivity index (χ2n) is 4.01. The monoisotopic (exact) mass is 195 g/mol. The van der Waals surface area contributed by atoms with Crippen LogP contribution in [-0.2, 0) is 6.54 Å². The Morgan fingerprint density at radius 3 is 2.43 bits per heavy atom. The summed E-state index contributed by atoms with van der Waals surface area (Å²) in [5.74, 6) is 0.442. The molecule has 0 aliphatic heterocycles. The summed E-state index contributed by atoms with van der Waals surface area (Å²) in [7, 11) is 0. The van der Waals surface area contributed by atoms with Crippen molar-refractivity contribution in [1.29, 1.82) is 0 Å². The van der Waals surface area contributed by atoms with Gasteiger partial charge in [0.15, 0.2) is 0 Å². The molecule has 1 atom stereocenters. The van der Waals surface area contributed by atoms with E-state index < -0.39 is 0 Å². The molecule has 0 saturated carbocycles. The highest BCUT2D eigenvalue weighted by Gasteiger charge is 2.07. The van der Waals surface area contributed by atoms with Crippen LogP contribution in [0.5, 0.6) is 0 Å². The molecular formula is C12H18FN. The lowest BCUT2D eigenvalue weighted by Gasteiger charge is -2.17. The Labute approximate surface area is 85.3 Å². The third-order valence-corrected chi connectivity index (χ3v) is 2.57. The molecule has 0 unspecified atom stereocenters. The zero-order valence-electron chi connectivity index (χ0n) is 9.05. The number of rotatable bonds is 4. The molecule has 1 N–H and O–H groups in total. The SMILES string of the molecule is CC(C)[C@H](C)NCc1ccccc1F. The molecule has 2 heteroatoms. The summed E-state index contributed by atoms with van der Waals surface area (Å²) in [5.41, 5.74) is 0.736. The van der Waals surface area contributed by atoms with E-state index in [1.54, 1.807) is 6.07 Å². The maximum atomic E-state index is 13.2. The molecule has 0 radical (unpaired) electrons. The van der Waals surface area contributed by atoms with Crippen molar-refractivity contribution in [3.63, 3.8) is 0 Å². The van der Waals surface area contributed by atoms with E-state index in [1.165, 1.54) is 6.07 Å². The van der Waals surface area contributed by atoms with Crippen LogP contribution in [-0.4, -0.2) is 6.04 Å². The van der Waals surface area contributed by atoms with Crippen LogP contribution in [0, 0.1) is 11.7 Å². The minimum atomic E-state index is -0.129. The van der Waals surface area contributed by atoms with Gasteiger partial charge >= 0.3 is 0 Å². The number of halogens is 1. The molecule has 0 heterocycles. The van der Waals surface area contributed by atoms with Crippen molar-refractivity contribution in [2.24, 2.45) is 5.92 Å². The first-order valence-corrected chi connectivity index (χ1v) is 5.08. The summed E-state index contributed by atoms with van der Waals surface area (Å²) in [6.45, 7) is 7.02. The molecule has 0 fully saturated rings. The van der Waals surface area contributed by atoms with Gasteiger partial charge in [0.25, 0.3) is 0 Å². The summed E-state index contributed by atoms with van der Waals surface area (Å²) in [5, 5.41) is 3.30. The molecule has 78 valence electrons.